The standard InChI is InChI=1S/C23H23ClN4O/c1-16-5-10-20(13-21(16)24)27-22(29)18-8-6-17(7-9-18)19-14-25-23(26-15-19)28-11-3-2-4-12-28/h5-10,13-15H,2-4,11-12H2,1H3,(H,27,29). The molecule has 3 aromatic rings. The fourth-order valence-corrected chi connectivity index (χ4v) is 3.60. The first-order chi connectivity index (χ1) is 14.1. The van der Waals surface area contributed by atoms with E-state index in [-0.39, 0.29) is 5.91 Å². The number of aryl methyl sites for hydroxylation is 1. The average Bonchev–Trinajstić information content (AvgIpc) is 2.77. The molecule has 5 nitrogen and oxygen atoms in total. The number of halogens is 1. The predicted molar refractivity (Wildman–Crippen MR) is 118 cm³/mol. The van der Waals surface area contributed by atoms with Crippen molar-refractivity contribution >= 4 is 29.1 Å². The van der Waals surface area contributed by atoms with Crippen molar-refractivity contribution in [3.63, 3.8) is 0 Å². The molecule has 1 aromatic heterocycles. The highest BCUT2D eigenvalue weighted by atomic mass is 35.5. The summed E-state index contributed by atoms with van der Waals surface area (Å²) in [7, 11) is 0. The molecule has 1 aliphatic heterocycles. The molecule has 4 rings (SSSR count). The van der Waals surface area contributed by atoms with Gasteiger partial charge in [0.2, 0.25) is 5.95 Å². The van der Waals surface area contributed by atoms with Crippen LogP contribution in [0.1, 0.15) is 35.2 Å². The van der Waals surface area contributed by atoms with Crippen molar-refractivity contribution < 1.29 is 4.79 Å². The predicted octanol–water partition coefficient (Wildman–Crippen LogP) is 5.35. The molecule has 0 aliphatic carbocycles. The van der Waals surface area contributed by atoms with Crippen LogP contribution < -0.4 is 10.2 Å². The number of nitrogens with one attached hydrogen (secondary N) is 1. The van der Waals surface area contributed by atoms with Gasteiger partial charge in [-0.2, -0.15) is 0 Å². The number of rotatable bonds is 4. The first kappa shape index (κ1) is 19.4. The fraction of sp³-hybridized carbons (Fsp3) is 0.261. The van der Waals surface area contributed by atoms with E-state index in [9.17, 15) is 4.79 Å². The van der Waals surface area contributed by atoms with Gasteiger partial charge >= 0.3 is 0 Å². The maximum Gasteiger partial charge on any atom is 0.255 e. The van der Waals surface area contributed by atoms with Crippen molar-refractivity contribution in [1.82, 2.24) is 9.97 Å². The van der Waals surface area contributed by atoms with Gasteiger partial charge in [-0.15, -0.1) is 0 Å². The smallest absolute Gasteiger partial charge is 0.255 e. The van der Waals surface area contributed by atoms with Crippen LogP contribution in [0.2, 0.25) is 5.02 Å². The molecule has 1 amide bonds. The number of nitrogens with zero attached hydrogens (tertiary/aromatic N) is 3. The Kier molecular flexibility index (Phi) is 5.76. The van der Waals surface area contributed by atoms with Crippen molar-refractivity contribution in [3.05, 3.63) is 71.0 Å². The summed E-state index contributed by atoms with van der Waals surface area (Å²) in [5.41, 5.74) is 4.14. The summed E-state index contributed by atoms with van der Waals surface area (Å²) in [5.74, 6) is 0.620. The number of carbonyl (C=O) groups excluding carboxylic acids is 1. The van der Waals surface area contributed by atoms with Gasteiger partial charge in [0.05, 0.1) is 0 Å². The second-order valence-corrected chi connectivity index (χ2v) is 7.72. The lowest BCUT2D eigenvalue weighted by molar-refractivity contribution is 0.102. The zero-order valence-electron chi connectivity index (χ0n) is 16.4. The quantitative estimate of drug-likeness (QED) is 0.634. The molecule has 0 unspecified atom stereocenters. The summed E-state index contributed by atoms with van der Waals surface area (Å²) in [5, 5.41) is 3.51. The first-order valence-corrected chi connectivity index (χ1v) is 10.2. The van der Waals surface area contributed by atoms with Gasteiger partial charge in [-0.05, 0) is 61.6 Å². The Balaban J connectivity index is 1.44. The van der Waals surface area contributed by atoms with Crippen LogP contribution in [-0.2, 0) is 0 Å². The molecule has 29 heavy (non-hydrogen) atoms. The molecular formula is C23H23ClN4O. The highest BCUT2D eigenvalue weighted by molar-refractivity contribution is 6.31. The van der Waals surface area contributed by atoms with Crippen molar-refractivity contribution in [2.75, 3.05) is 23.3 Å². The van der Waals surface area contributed by atoms with Crippen LogP contribution in [0.25, 0.3) is 11.1 Å². The molecule has 148 valence electrons. The third kappa shape index (κ3) is 4.57. The van der Waals surface area contributed by atoms with Crippen molar-refractivity contribution in [3.8, 4) is 11.1 Å². The lowest BCUT2D eigenvalue weighted by atomic mass is 10.1. The van der Waals surface area contributed by atoms with Crippen LogP contribution in [0.5, 0.6) is 0 Å². The summed E-state index contributed by atoms with van der Waals surface area (Å²) in [6, 6.07) is 12.9. The molecule has 6 heteroatoms. The van der Waals surface area contributed by atoms with E-state index in [2.05, 4.69) is 20.2 Å². The van der Waals surface area contributed by atoms with Crippen molar-refractivity contribution in [1.29, 1.82) is 0 Å². The van der Waals surface area contributed by atoms with Gasteiger partial charge in [0, 0.05) is 47.3 Å². The Bertz CT molecular complexity index is 996. The summed E-state index contributed by atoms with van der Waals surface area (Å²) >= 11 is 6.13. The third-order valence-corrected chi connectivity index (χ3v) is 5.59. The molecule has 0 radical (unpaired) electrons. The largest absolute Gasteiger partial charge is 0.341 e. The number of anilines is 2. The second-order valence-electron chi connectivity index (χ2n) is 7.31. The SMILES string of the molecule is Cc1ccc(NC(=O)c2ccc(-c3cnc(N4CCCCC4)nc3)cc2)cc1Cl. The first-order valence-electron chi connectivity index (χ1n) is 9.85. The number of hydrogen-bond acceptors (Lipinski definition) is 4. The number of piperidine rings is 1. The van der Waals surface area contributed by atoms with E-state index in [1.54, 1.807) is 18.2 Å². The van der Waals surface area contributed by atoms with Gasteiger partial charge in [-0.3, -0.25) is 4.79 Å². The van der Waals surface area contributed by atoms with Crippen LogP contribution in [0.4, 0.5) is 11.6 Å². The van der Waals surface area contributed by atoms with Gasteiger partial charge in [0.25, 0.3) is 5.91 Å². The number of aromatic nitrogens is 2. The molecule has 1 saturated heterocycles. The highest BCUT2D eigenvalue weighted by Crippen LogP contribution is 2.23. The molecule has 0 spiro atoms. The summed E-state index contributed by atoms with van der Waals surface area (Å²) in [6.07, 6.45) is 7.37. The Morgan fingerprint density at radius 1 is 0.966 bits per heavy atom. The van der Waals surface area contributed by atoms with E-state index >= 15 is 0 Å². The van der Waals surface area contributed by atoms with Crippen LogP contribution in [0.15, 0.2) is 54.9 Å². The second kappa shape index (κ2) is 8.62. The lowest BCUT2D eigenvalue weighted by Crippen LogP contribution is -2.30. The van der Waals surface area contributed by atoms with Crippen LogP contribution in [0, 0.1) is 6.92 Å². The number of hydrogen-bond donors (Lipinski definition) is 1. The molecule has 0 bridgehead atoms. The molecular weight excluding hydrogens is 384 g/mol. The van der Waals surface area contributed by atoms with Gasteiger partial charge in [0.1, 0.15) is 0 Å². The van der Waals surface area contributed by atoms with Gasteiger partial charge < -0.3 is 10.2 Å². The van der Waals surface area contributed by atoms with E-state index in [1.165, 1.54) is 19.3 Å². The Morgan fingerprint density at radius 2 is 1.66 bits per heavy atom. The summed E-state index contributed by atoms with van der Waals surface area (Å²) in [6.45, 7) is 3.97. The average molecular weight is 407 g/mol. The minimum Gasteiger partial charge on any atom is -0.341 e. The zero-order valence-corrected chi connectivity index (χ0v) is 17.1. The maximum absolute atomic E-state index is 12.5. The number of carbonyl (C=O) groups is 1. The van der Waals surface area contributed by atoms with E-state index in [0.29, 0.717) is 16.3 Å². The van der Waals surface area contributed by atoms with Gasteiger partial charge in [-0.25, -0.2) is 9.97 Å². The van der Waals surface area contributed by atoms with E-state index in [1.807, 2.05) is 43.6 Å². The van der Waals surface area contributed by atoms with Crippen LogP contribution in [-0.4, -0.2) is 29.0 Å². The molecule has 2 heterocycles. The maximum atomic E-state index is 12.5. The minimum absolute atomic E-state index is 0.173. The van der Waals surface area contributed by atoms with Crippen molar-refractivity contribution in [2.45, 2.75) is 26.2 Å². The van der Waals surface area contributed by atoms with Gasteiger partial charge in [-0.1, -0.05) is 29.8 Å². The third-order valence-electron chi connectivity index (χ3n) is 5.19. The number of amides is 1. The van der Waals surface area contributed by atoms with E-state index < -0.39 is 0 Å². The van der Waals surface area contributed by atoms with Gasteiger partial charge in [0.15, 0.2) is 0 Å². The molecule has 1 N–H and O–H groups in total. The molecule has 1 fully saturated rings. The Labute approximate surface area is 175 Å². The molecule has 2 aromatic carbocycles. The van der Waals surface area contributed by atoms with Crippen molar-refractivity contribution in [2.24, 2.45) is 0 Å². The topological polar surface area (TPSA) is 58.1 Å². The van der Waals surface area contributed by atoms with Crippen LogP contribution >= 0.6 is 11.6 Å². The van der Waals surface area contributed by atoms with E-state index in [0.717, 1.165) is 35.7 Å². The molecule has 0 saturated carbocycles. The summed E-state index contributed by atoms with van der Waals surface area (Å²) in [4.78, 5) is 23.8. The normalized spacial score (nSPS) is 13.9. The Morgan fingerprint density at radius 3 is 2.31 bits per heavy atom. The highest BCUT2D eigenvalue weighted by Gasteiger charge is 2.13. The fourth-order valence-electron chi connectivity index (χ4n) is 3.42. The van der Waals surface area contributed by atoms with Crippen LogP contribution in [0.3, 0.4) is 0 Å². The molecule has 0 atom stereocenters. The number of benzene rings is 2. The Hall–Kier alpha value is -2.92. The minimum atomic E-state index is -0.173. The zero-order chi connectivity index (χ0) is 20.2. The van der Waals surface area contributed by atoms with E-state index in [4.69, 9.17) is 11.6 Å². The monoisotopic (exact) mass is 406 g/mol. The molecule has 1 aliphatic rings. The summed E-state index contributed by atoms with van der Waals surface area (Å²) < 4.78 is 0. The lowest BCUT2D eigenvalue weighted by Gasteiger charge is -2.26.